The van der Waals surface area contributed by atoms with Gasteiger partial charge in [0.2, 0.25) is 0 Å². The van der Waals surface area contributed by atoms with Gasteiger partial charge in [-0.25, -0.2) is 9.07 Å². The van der Waals surface area contributed by atoms with E-state index in [0.717, 1.165) is 0 Å². The Kier molecular flexibility index (Phi) is 4.40. The number of benzene rings is 1. The number of rotatable bonds is 4. The van der Waals surface area contributed by atoms with Crippen molar-refractivity contribution >= 4 is 11.6 Å². The highest BCUT2D eigenvalue weighted by molar-refractivity contribution is 6.30. The second-order valence-corrected chi connectivity index (χ2v) is 6.84. The molecule has 2 heterocycles. The average Bonchev–Trinajstić information content (AvgIpc) is 3.11. The number of hydrogen-bond donors (Lipinski definition) is 1. The molecule has 0 radical (unpaired) electrons. The van der Waals surface area contributed by atoms with Crippen LogP contribution in [0.3, 0.4) is 0 Å². The molecule has 1 aliphatic rings. The molecule has 5 nitrogen and oxygen atoms in total. The van der Waals surface area contributed by atoms with Gasteiger partial charge in [0, 0.05) is 36.3 Å². The van der Waals surface area contributed by atoms with Crippen molar-refractivity contribution in [3.63, 3.8) is 0 Å². The molecule has 3 rings (SSSR count). The van der Waals surface area contributed by atoms with E-state index in [9.17, 15) is 9.50 Å². The molecule has 1 N–H and O–H groups in total. The first-order valence-electron chi connectivity index (χ1n) is 7.68. The topological polar surface area (TPSA) is 54.2 Å². The van der Waals surface area contributed by atoms with E-state index in [1.165, 1.54) is 12.1 Å². The average molecular weight is 339 g/mol. The lowest BCUT2D eigenvalue weighted by Crippen LogP contribution is -2.31. The molecule has 1 fully saturated rings. The van der Waals surface area contributed by atoms with Crippen molar-refractivity contribution in [1.82, 2.24) is 19.9 Å². The van der Waals surface area contributed by atoms with Crippen LogP contribution in [0, 0.1) is 5.82 Å². The molecule has 1 atom stereocenters. The third-order valence-electron chi connectivity index (χ3n) is 4.24. The molecule has 0 bridgehead atoms. The summed E-state index contributed by atoms with van der Waals surface area (Å²) in [4.78, 5) is 2.00. The van der Waals surface area contributed by atoms with Crippen LogP contribution < -0.4 is 0 Å². The normalized spacial score (nSPS) is 22.2. The second kappa shape index (κ2) is 6.19. The maximum atomic E-state index is 13.9. The largest absolute Gasteiger partial charge is 0.382 e. The summed E-state index contributed by atoms with van der Waals surface area (Å²) in [5.74, 6) is -0.282. The maximum absolute atomic E-state index is 13.9. The summed E-state index contributed by atoms with van der Waals surface area (Å²) >= 11 is 5.93. The third-order valence-corrected chi connectivity index (χ3v) is 4.48. The lowest BCUT2D eigenvalue weighted by Gasteiger charge is -2.21. The lowest BCUT2D eigenvalue weighted by molar-refractivity contribution is 0.0407. The number of nitrogens with zero attached hydrogens (tertiary/aromatic N) is 4. The zero-order valence-corrected chi connectivity index (χ0v) is 14.0. The summed E-state index contributed by atoms with van der Waals surface area (Å²) in [5, 5.41) is 19.5. The van der Waals surface area contributed by atoms with E-state index < -0.39 is 5.60 Å². The van der Waals surface area contributed by atoms with Crippen LogP contribution in [0.15, 0.2) is 24.4 Å². The van der Waals surface area contributed by atoms with Gasteiger partial charge in [-0.05, 0) is 38.5 Å². The van der Waals surface area contributed by atoms with E-state index in [0.29, 0.717) is 42.3 Å². The minimum absolute atomic E-state index is 0.193. The van der Waals surface area contributed by atoms with Crippen LogP contribution >= 0.6 is 11.6 Å². The van der Waals surface area contributed by atoms with Crippen molar-refractivity contribution in [1.29, 1.82) is 0 Å². The molecule has 0 amide bonds. The van der Waals surface area contributed by atoms with Crippen LogP contribution in [0.25, 0.3) is 0 Å². The Bertz CT molecular complexity index is 705. The Morgan fingerprint density at radius 2 is 2.22 bits per heavy atom. The summed E-state index contributed by atoms with van der Waals surface area (Å²) in [6.07, 6.45) is 2.33. The quantitative estimate of drug-likeness (QED) is 0.931. The van der Waals surface area contributed by atoms with Gasteiger partial charge in [-0.2, -0.15) is 0 Å². The Labute approximate surface area is 139 Å². The van der Waals surface area contributed by atoms with E-state index >= 15 is 0 Å². The number of aliphatic hydroxyl groups is 1. The molecule has 0 aliphatic carbocycles. The van der Waals surface area contributed by atoms with Gasteiger partial charge in [-0.3, -0.25) is 4.90 Å². The molecule has 23 heavy (non-hydrogen) atoms. The van der Waals surface area contributed by atoms with Gasteiger partial charge in [0.15, 0.2) is 0 Å². The maximum Gasteiger partial charge on any atom is 0.127 e. The fraction of sp³-hybridized carbons (Fsp3) is 0.500. The highest BCUT2D eigenvalue weighted by Gasteiger charge is 2.40. The SMILES string of the molecule is CC(C)n1cc(C2(O)CCN(Cc3cc(Cl)ccc3F)C2)nn1. The van der Waals surface area contributed by atoms with Gasteiger partial charge in [0.1, 0.15) is 17.1 Å². The van der Waals surface area contributed by atoms with E-state index in [-0.39, 0.29) is 11.9 Å². The second-order valence-electron chi connectivity index (χ2n) is 6.41. The first kappa shape index (κ1) is 16.4. The van der Waals surface area contributed by atoms with Crippen molar-refractivity contribution in [3.05, 3.63) is 46.5 Å². The van der Waals surface area contributed by atoms with Gasteiger partial charge in [-0.1, -0.05) is 16.8 Å². The van der Waals surface area contributed by atoms with Crippen LogP contribution in [0.5, 0.6) is 0 Å². The first-order chi connectivity index (χ1) is 10.9. The minimum atomic E-state index is -1.04. The van der Waals surface area contributed by atoms with Crippen LogP contribution in [-0.2, 0) is 12.1 Å². The molecule has 0 saturated carbocycles. The van der Waals surface area contributed by atoms with Gasteiger partial charge in [0.05, 0.1) is 6.20 Å². The molecule has 1 unspecified atom stereocenters. The summed E-state index contributed by atoms with van der Waals surface area (Å²) in [5.41, 5.74) is 0.0650. The van der Waals surface area contributed by atoms with Crippen molar-refractivity contribution in [2.45, 2.75) is 38.5 Å². The molecule has 1 aromatic carbocycles. The summed E-state index contributed by atoms with van der Waals surface area (Å²) in [6, 6.07) is 4.72. The highest BCUT2D eigenvalue weighted by atomic mass is 35.5. The van der Waals surface area contributed by atoms with Crippen LogP contribution in [0.4, 0.5) is 4.39 Å². The molecular formula is C16H20ClFN4O. The van der Waals surface area contributed by atoms with Crippen molar-refractivity contribution in [2.24, 2.45) is 0 Å². The summed E-state index contributed by atoms with van der Waals surface area (Å²) in [6.45, 7) is 5.48. The van der Waals surface area contributed by atoms with Crippen LogP contribution in [0.1, 0.15) is 37.6 Å². The Morgan fingerprint density at radius 1 is 1.43 bits per heavy atom. The van der Waals surface area contributed by atoms with Crippen LogP contribution in [-0.4, -0.2) is 38.1 Å². The number of hydrogen-bond acceptors (Lipinski definition) is 4. The summed E-state index contributed by atoms with van der Waals surface area (Å²) < 4.78 is 15.6. The minimum Gasteiger partial charge on any atom is -0.382 e. The monoisotopic (exact) mass is 338 g/mol. The molecular weight excluding hydrogens is 319 g/mol. The zero-order chi connectivity index (χ0) is 16.6. The van der Waals surface area contributed by atoms with E-state index in [4.69, 9.17) is 11.6 Å². The zero-order valence-electron chi connectivity index (χ0n) is 13.2. The van der Waals surface area contributed by atoms with Gasteiger partial charge in [-0.15, -0.1) is 5.10 Å². The first-order valence-corrected chi connectivity index (χ1v) is 8.06. The number of likely N-dealkylation sites (tertiary alicyclic amines) is 1. The number of halogens is 2. The molecule has 1 saturated heterocycles. The standard InChI is InChI=1S/C16H20ClFN4O/c1-11(2)22-9-15(19-20-22)16(23)5-6-21(10-16)8-12-7-13(17)3-4-14(12)18/h3-4,7,9,11,23H,5-6,8,10H2,1-2H3. The summed E-state index contributed by atoms with van der Waals surface area (Å²) in [7, 11) is 0. The number of β-amino-alcohol motifs (C(OH)–C–C–N with tert-alkyl or cyclic N) is 1. The van der Waals surface area contributed by atoms with Crippen molar-refractivity contribution < 1.29 is 9.50 Å². The van der Waals surface area contributed by atoms with Crippen molar-refractivity contribution in [3.8, 4) is 0 Å². The predicted octanol–water partition coefficient (Wildman–Crippen LogP) is 2.75. The van der Waals surface area contributed by atoms with Crippen molar-refractivity contribution in [2.75, 3.05) is 13.1 Å². The van der Waals surface area contributed by atoms with Gasteiger partial charge < -0.3 is 5.11 Å². The van der Waals surface area contributed by atoms with E-state index in [2.05, 4.69) is 10.3 Å². The Balaban J connectivity index is 1.73. The Morgan fingerprint density at radius 3 is 2.91 bits per heavy atom. The molecule has 2 aromatic rings. The van der Waals surface area contributed by atoms with Gasteiger partial charge >= 0.3 is 0 Å². The number of aromatic nitrogens is 3. The molecule has 7 heteroatoms. The highest BCUT2D eigenvalue weighted by Crippen LogP contribution is 2.32. The van der Waals surface area contributed by atoms with Crippen LogP contribution in [0.2, 0.25) is 5.02 Å². The third kappa shape index (κ3) is 3.39. The molecule has 0 spiro atoms. The fourth-order valence-corrected chi connectivity index (χ4v) is 3.06. The van der Waals surface area contributed by atoms with Gasteiger partial charge in [0.25, 0.3) is 0 Å². The molecule has 1 aliphatic heterocycles. The van der Waals surface area contributed by atoms with E-state index in [1.807, 2.05) is 18.7 Å². The Hall–Kier alpha value is -1.50. The molecule has 1 aromatic heterocycles. The van der Waals surface area contributed by atoms with E-state index in [1.54, 1.807) is 16.9 Å². The smallest absolute Gasteiger partial charge is 0.127 e. The fourth-order valence-electron chi connectivity index (χ4n) is 2.86. The predicted molar refractivity (Wildman–Crippen MR) is 85.6 cm³/mol. The lowest BCUT2D eigenvalue weighted by atomic mass is 10.00. The molecule has 124 valence electrons.